The monoisotopic (exact) mass is 548 g/mol. The molecule has 9 heteroatoms. The third-order valence-corrected chi connectivity index (χ3v) is 7.78. The molecule has 0 aliphatic carbocycles. The van der Waals surface area contributed by atoms with E-state index in [0.717, 1.165) is 68.9 Å². The maximum absolute atomic E-state index is 12.4. The Morgan fingerprint density at radius 1 is 0.757 bits per heavy atom. The van der Waals surface area contributed by atoms with E-state index >= 15 is 0 Å². The molecule has 218 valence electrons. The lowest BCUT2D eigenvalue weighted by Gasteiger charge is -2.29. The van der Waals surface area contributed by atoms with E-state index in [4.69, 9.17) is 9.29 Å². The van der Waals surface area contributed by atoms with Gasteiger partial charge in [-0.15, -0.1) is 0 Å². The van der Waals surface area contributed by atoms with Crippen LogP contribution in [0.3, 0.4) is 0 Å². The lowest BCUT2D eigenvalue weighted by Crippen LogP contribution is -2.41. The van der Waals surface area contributed by atoms with Gasteiger partial charge in [-0.2, -0.15) is 8.42 Å². The third kappa shape index (κ3) is 23.5. The highest BCUT2D eigenvalue weighted by molar-refractivity contribution is 7.85. The van der Waals surface area contributed by atoms with Crippen LogP contribution in [0.15, 0.2) is 0 Å². The number of hydrogen-bond acceptors (Lipinski definition) is 6. The van der Waals surface area contributed by atoms with E-state index < -0.39 is 10.1 Å². The zero-order valence-corrected chi connectivity index (χ0v) is 24.8. The first-order valence-corrected chi connectivity index (χ1v) is 15.8. The number of esters is 1. The number of carbonyl (C=O) groups is 3. The predicted molar refractivity (Wildman–Crippen MR) is 148 cm³/mol. The molecule has 0 saturated carbocycles. The van der Waals surface area contributed by atoms with Crippen molar-refractivity contribution in [2.24, 2.45) is 5.92 Å². The summed E-state index contributed by atoms with van der Waals surface area (Å²) in [7, 11) is 1.85. The van der Waals surface area contributed by atoms with E-state index in [1.165, 1.54) is 32.8 Å². The van der Waals surface area contributed by atoms with Crippen molar-refractivity contribution in [1.29, 1.82) is 0 Å². The molecule has 1 atom stereocenters. The molecule has 0 heterocycles. The lowest BCUT2D eigenvalue weighted by molar-refractivity contribution is -0.890. The van der Waals surface area contributed by atoms with Crippen molar-refractivity contribution in [3.63, 3.8) is 0 Å². The fraction of sp³-hybridized carbons (Fsp3) is 0.893. The average Bonchev–Trinajstić information content (AvgIpc) is 2.80. The van der Waals surface area contributed by atoms with E-state index in [1.54, 1.807) is 6.92 Å². The fourth-order valence-corrected chi connectivity index (χ4v) is 5.22. The summed E-state index contributed by atoms with van der Waals surface area (Å²) in [5.74, 6) is -0.504. The highest BCUT2D eigenvalue weighted by atomic mass is 32.2. The van der Waals surface area contributed by atoms with Crippen molar-refractivity contribution < 1.29 is 36.6 Å². The van der Waals surface area contributed by atoms with Crippen molar-refractivity contribution in [2.45, 2.75) is 116 Å². The van der Waals surface area contributed by atoms with Gasteiger partial charge in [-0.1, -0.05) is 44.9 Å². The summed E-state index contributed by atoms with van der Waals surface area (Å²) in [5.41, 5.74) is 0. The minimum absolute atomic E-state index is 0.137. The molecule has 0 bridgehead atoms. The number of quaternary nitrogens is 1. The molecule has 0 saturated heterocycles. The van der Waals surface area contributed by atoms with Crippen LogP contribution in [0.25, 0.3) is 0 Å². The number of nitrogens with zero attached hydrogens (tertiary/aromatic N) is 1. The van der Waals surface area contributed by atoms with E-state index in [0.29, 0.717) is 25.7 Å². The molecule has 0 amide bonds. The minimum atomic E-state index is -3.85. The van der Waals surface area contributed by atoms with Gasteiger partial charge >= 0.3 is 5.97 Å². The summed E-state index contributed by atoms with van der Waals surface area (Å²) >= 11 is 0. The van der Waals surface area contributed by atoms with Crippen LogP contribution in [0, 0.1) is 5.92 Å². The van der Waals surface area contributed by atoms with Crippen molar-refractivity contribution in [2.75, 3.05) is 40.0 Å². The summed E-state index contributed by atoms with van der Waals surface area (Å²) in [6.07, 6.45) is 14.8. The summed E-state index contributed by atoms with van der Waals surface area (Å²) in [6.45, 7) is 3.57. The molecular formula is C28H54NO7S+. The molecule has 0 radical (unpaired) electrons. The molecule has 37 heavy (non-hydrogen) atoms. The number of unbranched alkanes of at least 4 members (excludes halogenated alkanes) is 10. The normalized spacial score (nSPS) is 12.9. The summed E-state index contributed by atoms with van der Waals surface area (Å²) < 4.78 is 36.1. The van der Waals surface area contributed by atoms with Crippen LogP contribution in [0.2, 0.25) is 0 Å². The number of methoxy groups -OCH3 is 1. The Balaban J connectivity index is 3.82. The zero-order valence-electron chi connectivity index (χ0n) is 24.0. The maximum Gasteiger partial charge on any atom is 0.309 e. The Hall–Kier alpha value is -1.32. The molecule has 8 nitrogen and oxygen atoms in total. The van der Waals surface area contributed by atoms with Crippen molar-refractivity contribution in [3.8, 4) is 0 Å². The first-order valence-electron chi connectivity index (χ1n) is 14.2. The molecule has 0 aliphatic heterocycles. The second-order valence-electron chi connectivity index (χ2n) is 11.2. The molecular weight excluding hydrogens is 494 g/mol. The van der Waals surface area contributed by atoms with Crippen molar-refractivity contribution >= 4 is 27.7 Å². The predicted octanol–water partition coefficient (Wildman–Crippen LogP) is 5.53. The Morgan fingerprint density at radius 3 is 1.78 bits per heavy atom. The largest absolute Gasteiger partial charge is 0.469 e. The summed E-state index contributed by atoms with van der Waals surface area (Å²) in [4.78, 5) is 35.4. The molecule has 0 aromatic rings. The number of rotatable bonds is 25. The molecule has 0 aromatic heterocycles. The van der Waals surface area contributed by atoms with Gasteiger partial charge in [-0.3, -0.25) is 14.1 Å². The van der Waals surface area contributed by atoms with Gasteiger partial charge in [0.05, 0.1) is 46.0 Å². The highest BCUT2D eigenvalue weighted by Gasteiger charge is 2.22. The van der Waals surface area contributed by atoms with Gasteiger partial charge in [0.25, 0.3) is 10.1 Å². The summed E-state index contributed by atoms with van der Waals surface area (Å²) in [5, 5.41) is 0. The van der Waals surface area contributed by atoms with Gasteiger partial charge in [0.1, 0.15) is 11.6 Å². The van der Waals surface area contributed by atoms with Crippen LogP contribution < -0.4 is 0 Å². The number of carbonyl (C=O) groups excluding carboxylic acids is 3. The van der Waals surface area contributed by atoms with Crippen LogP contribution in [0.5, 0.6) is 0 Å². The number of Topliss-reactive ketones (excluding diaryl/α,β-unsaturated/α-hetero) is 2. The standard InChI is InChI=1S/C28H53NO7S/c1-25(30)18-12-11-13-19-26(28(32)36-4)24-27(31)20-14-9-7-5-6-8-10-15-21-29(2,3)22-16-17-23-37(33,34)35/h26H,5-24H2,1-4H3/p+1. The Bertz CT molecular complexity index is 750. The van der Waals surface area contributed by atoms with Crippen LogP contribution >= 0.6 is 0 Å². The smallest absolute Gasteiger partial charge is 0.309 e. The van der Waals surface area contributed by atoms with Crippen LogP contribution in [-0.2, 0) is 29.2 Å². The number of hydrogen-bond donors (Lipinski definition) is 1. The Labute approximate surface area is 226 Å². The fourth-order valence-electron chi connectivity index (χ4n) is 4.65. The van der Waals surface area contributed by atoms with Crippen LogP contribution in [-0.4, -0.2) is 75.0 Å². The third-order valence-electron chi connectivity index (χ3n) is 6.97. The Kier molecular flexibility index (Phi) is 19.9. The molecule has 0 aromatic carbocycles. The first-order chi connectivity index (χ1) is 17.4. The van der Waals surface area contributed by atoms with E-state index in [-0.39, 0.29) is 35.6 Å². The topological polar surface area (TPSA) is 115 Å². The molecule has 0 fully saturated rings. The second-order valence-corrected chi connectivity index (χ2v) is 12.8. The first kappa shape index (κ1) is 35.7. The number of ether oxygens (including phenoxy) is 1. The molecule has 1 N–H and O–H groups in total. The van der Waals surface area contributed by atoms with Crippen LogP contribution in [0.1, 0.15) is 116 Å². The van der Waals surface area contributed by atoms with Gasteiger partial charge in [-0.05, 0) is 51.9 Å². The molecule has 0 spiro atoms. The molecule has 0 aliphatic rings. The SMILES string of the molecule is COC(=O)C(CCCCCC(C)=O)CC(=O)CCCCCCCCCC[N+](C)(C)CCCCS(=O)(=O)O. The molecule has 0 rings (SSSR count). The van der Waals surface area contributed by atoms with Gasteiger partial charge in [-0.25, -0.2) is 0 Å². The van der Waals surface area contributed by atoms with E-state index in [9.17, 15) is 22.8 Å². The van der Waals surface area contributed by atoms with Gasteiger partial charge < -0.3 is 14.0 Å². The van der Waals surface area contributed by atoms with Crippen molar-refractivity contribution in [3.05, 3.63) is 0 Å². The second kappa shape index (κ2) is 20.6. The van der Waals surface area contributed by atoms with Gasteiger partial charge in [0.2, 0.25) is 0 Å². The zero-order chi connectivity index (χ0) is 28.2. The van der Waals surface area contributed by atoms with Gasteiger partial charge in [0.15, 0.2) is 0 Å². The summed E-state index contributed by atoms with van der Waals surface area (Å²) in [6, 6.07) is 0. The van der Waals surface area contributed by atoms with E-state index in [1.807, 2.05) is 0 Å². The number of ketones is 2. The lowest BCUT2D eigenvalue weighted by atomic mass is 9.93. The van der Waals surface area contributed by atoms with Crippen molar-refractivity contribution in [1.82, 2.24) is 0 Å². The average molecular weight is 549 g/mol. The highest BCUT2D eigenvalue weighted by Crippen LogP contribution is 2.19. The van der Waals surface area contributed by atoms with E-state index in [2.05, 4.69) is 14.1 Å². The van der Waals surface area contributed by atoms with Crippen LogP contribution in [0.4, 0.5) is 0 Å². The van der Waals surface area contributed by atoms with Gasteiger partial charge in [0, 0.05) is 19.3 Å². The maximum atomic E-state index is 12.4. The quantitative estimate of drug-likeness (QED) is 0.0690. The molecule has 1 unspecified atom stereocenters. The Morgan fingerprint density at radius 2 is 1.24 bits per heavy atom. The minimum Gasteiger partial charge on any atom is -0.469 e.